The van der Waals surface area contributed by atoms with Crippen molar-refractivity contribution in [1.29, 1.82) is 0 Å². The summed E-state index contributed by atoms with van der Waals surface area (Å²) in [6.45, 7) is 9.08. The molecule has 0 radical (unpaired) electrons. The van der Waals surface area contributed by atoms with Crippen LogP contribution in [0, 0.1) is 0 Å². The zero-order valence-corrected chi connectivity index (χ0v) is 11.3. The standard InChI is InChI=1S/C12H22N4O2/c1-4-5-6-15-7-12(2,3)16(8-15)9-10(17)14-11(18)13-9/h9H,4-8H2,1-3H3,(H2,13,14,17,18). The molecule has 0 aromatic carbocycles. The minimum Gasteiger partial charge on any atom is -0.314 e. The van der Waals surface area contributed by atoms with Crippen molar-refractivity contribution in [3.8, 4) is 0 Å². The van der Waals surface area contributed by atoms with Crippen LogP contribution in [-0.2, 0) is 4.79 Å². The van der Waals surface area contributed by atoms with Crippen LogP contribution in [0.2, 0.25) is 0 Å². The van der Waals surface area contributed by atoms with Crippen LogP contribution in [0.1, 0.15) is 33.6 Å². The monoisotopic (exact) mass is 254 g/mol. The first-order chi connectivity index (χ1) is 8.44. The molecule has 2 fully saturated rings. The van der Waals surface area contributed by atoms with Gasteiger partial charge in [0.2, 0.25) is 0 Å². The number of unbranched alkanes of at least 4 members (excludes halogenated alkanes) is 1. The van der Waals surface area contributed by atoms with E-state index >= 15 is 0 Å². The topological polar surface area (TPSA) is 64.7 Å². The van der Waals surface area contributed by atoms with Gasteiger partial charge >= 0.3 is 6.03 Å². The summed E-state index contributed by atoms with van der Waals surface area (Å²) >= 11 is 0. The van der Waals surface area contributed by atoms with Crippen LogP contribution in [0.15, 0.2) is 0 Å². The van der Waals surface area contributed by atoms with Gasteiger partial charge in [0.1, 0.15) is 0 Å². The first-order valence-corrected chi connectivity index (χ1v) is 6.54. The summed E-state index contributed by atoms with van der Waals surface area (Å²) in [5, 5.41) is 4.97. The lowest BCUT2D eigenvalue weighted by molar-refractivity contribution is -0.125. The van der Waals surface area contributed by atoms with E-state index in [2.05, 4.69) is 41.2 Å². The minimum absolute atomic E-state index is 0.104. The van der Waals surface area contributed by atoms with E-state index in [4.69, 9.17) is 0 Å². The third-order valence-electron chi connectivity index (χ3n) is 3.63. The molecule has 2 aliphatic heterocycles. The largest absolute Gasteiger partial charge is 0.323 e. The van der Waals surface area contributed by atoms with Gasteiger partial charge in [0.25, 0.3) is 5.91 Å². The van der Waals surface area contributed by atoms with Crippen molar-refractivity contribution < 1.29 is 9.59 Å². The summed E-state index contributed by atoms with van der Waals surface area (Å²) in [5.74, 6) is -0.245. The number of hydrogen-bond donors (Lipinski definition) is 2. The van der Waals surface area contributed by atoms with Gasteiger partial charge in [-0.15, -0.1) is 0 Å². The molecule has 18 heavy (non-hydrogen) atoms. The van der Waals surface area contributed by atoms with Crippen LogP contribution in [-0.4, -0.2) is 53.2 Å². The average molecular weight is 254 g/mol. The third-order valence-corrected chi connectivity index (χ3v) is 3.63. The van der Waals surface area contributed by atoms with Gasteiger partial charge in [-0.25, -0.2) is 4.79 Å². The zero-order valence-electron chi connectivity index (χ0n) is 11.3. The number of amides is 3. The molecule has 2 rings (SSSR count). The number of urea groups is 1. The Labute approximate surface area is 108 Å². The molecule has 0 spiro atoms. The molecule has 0 saturated carbocycles. The lowest BCUT2D eigenvalue weighted by atomic mass is 10.0. The van der Waals surface area contributed by atoms with Crippen molar-refractivity contribution >= 4 is 11.9 Å². The Kier molecular flexibility index (Phi) is 3.59. The molecular formula is C12H22N4O2. The molecule has 1 atom stereocenters. The molecule has 0 aliphatic carbocycles. The Morgan fingerprint density at radius 1 is 1.39 bits per heavy atom. The summed E-state index contributed by atoms with van der Waals surface area (Å²) < 4.78 is 0. The van der Waals surface area contributed by atoms with Gasteiger partial charge in [-0.2, -0.15) is 0 Å². The Balaban J connectivity index is 2.04. The van der Waals surface area contributed by atoms with E-state index in [0.29, 0.717) is 0 Å². The predicted octanol–water partition coefficient (Wildman–Crippen LogP) is 0.306. The number of carbonyl (C=O) groups excluding carboxylic acids is 2. The predicted molar refractivity (Wildman–Crippen MR) is 67.7 cm³/mol. The van der Waals surface area contributed by atoms with Crippen molar-refractivity contribution in [2.75, 3.05) is 19.8 Å². The summed E-state index contributed by atoms with van der Waals surface area (Å²) in [7, 11) is 0. The summed E-state index contributed by atoms with van der Waals surface area (Å²) in [6.07, 6.45) is 1.80. The lowest BCUT2D eigenvalue weighted by Gasteiger charge is -2.33. The number of hydrogen-bond acceptors (Lipinski definition) is 4. The second-order valence-electron chi connectivity index (χ2n) is 5.69. The Morgan fingerprint density at radius 2 is 2.11 bits per heavy atom. The highest BCUT2D eigenvalue weighted by Gasteiger charge is 2.46. The number of nitrogens with zero attached hydrogens (tertiary/aromatic N) is 2. The maximum Gasteiger partial charge on any atom is 0.323 e. The second kappa shape index (κ2) is 4.85. The molecule has 3 amide bonds. The molecule has 2 N–H and O–H groups in total. The molecule has 6 heteroatoms. The smallest absolute Gasteiger partial charge is 0.314 e. The Hall–Kier alpha value is -1.14. The van der Waals surface area contributed by atoms with E-state index < -0.39 is 12.2 Å². The van der Waals surface area contributed by atoms with Crippen LogP contribution < -0.4 is 10.6 Å². The number of carbonyl (C=O) groups is 2. The zero-order chi connectivity index (χ0) is 13.3. The van der Waals surface area contributed by atoms with E-state index in [1.54, 1.807) is 0 Å². The van der Waals surface area contributed by atoms with Gasteiger partial charge in [0.15, 0.2) is 6.17 Å². The molecule has 0 aromatic rings. The van der Waals surface area contributed by atoms with Crippen molar-refractivity contribution in [3.05, 3.63) is 0 Å². The van der Waals surface area contributed by atoms with Crippen molar-refractivity contribution in [3.63, 3.8) is 0 Å². The molecule has 2 saturated heterocycles. The van der Waals surface area contributed by atoms with Crippen molar-refractivity contribution in [2.45, 2.75) is 45.3 Å². The normalized spacial score (nSPS) is 28.5. The van der Waals surface area contributed by atoms with Crippen LogP contribution >= 0.6 is 0 Å². The molecule has 2 heterocycles. The van der Waals surface area contributed by atoms with Gasteiger partial charge in [0, 0.05) is 12.1 Å². The Bertz CT molecular complexity index is 356. The van der Waals surface area contributed by atoms with Gasteiger partial charge in [-0.3, -0.25) is 19.9 Å². The quantitative estimate of drug-likeness (QED) is 0.709. The van der Waals surface area contributed by atoms with E-state index in [1.807, 2.05) is 0 Å². The summed E-state index contributed by atoms with van der Waals surface area (Å²) in [6, 6.07) is -0.396. The van der Waals surface area contributed by atoms with Crippen molar-refractivity contribution in [1.82, 2.24) is 20.4 Å². The summed E-state index contributed by atoms with van der Waals surface area (Å²) in [5.41, 5.74) is -0.104. The molecule has 2 aliphatic rings. The SMILES string of the molecule is CCCCN1CN(C2NC(=O)NC2=O)C(C)(C)C1. The fourth-order valence-electron chi connectivity index (χ4n) is 2.68. The maximum atomic E-state index is 11.7. The highest BCUT2D eigenvalue weighted by Crippen LogP contribution is 2.26. The second-order valence-corrected chi connectivity index (χ2v) is 5.69. The molecular weight excluding hydrogens is 232 g/mol. The molecule has 1 unspecified atom stereocenters. The minimum atomic E-state index is -0.529. The Morgan fingerprint density at radius 3 is 2.67 bits per heavy atom. The molecule has 6 nitrogen and oxygen atoms in total. The molecule has 102 valence electrons. The number of rotatable bonds is 4. The highest BCUT2D eigenvalue weighted by molar-refractivity contribution is 6.03. The van der Waals surface area contributed by atoms with Gasteiger partial charge in [-0.05, 0) is 26.8 Å². The van der Waals surface area contributed by atoms with Crippen LogP contribution in [0.3, 0.4) is 0 Å². The highest BCUT2D eigenvalue weighted by atomic mass is 16.2. The number of nitrogens with one attached hydrogen (secondary N) is 2. The van der Waals surface area contributed by atoms with E-state index in [1.165, 1.54) is 0 Å². The lowest BCUT2D eigenvalue weighted by Crippen LogP contribution is -2.54. The van der Waals surface area contributed by atoms with Crippen LogP contribution in [0.25, 0.3) is 0 Å². The van der Waals surface area contributed by atoms with Crippen molar-refractivity contribution in [2.24, 2.45) is 0 Å². The summed E-state index contributed by atoms with van der Waals surface area (Å²) in [4.78, 5) is 27.3. The first-order valence-electron chi connectivity index (χ1n) is 6.54. The maximum absolute atomic E-state index is 11.7. The average Bonchev–Trinajstić information content (AvgIpc) is 2.75. The molecule has 0 bridgehead atoms. The third kappa shape index (κ3) is 2.49. The van der Waals surface area contributed by atoms with Gasteiger partial charge in [-0.1, -0.05) is 13.3 Å². The first kappa shape index (κ1) is 13.3. The number of imide groups is 1. The van der Waals surface area contributed by atoms with E-state index in [0.717, 1.165) is 32.6 Å². The van der Waals surface area contributed by atoms with E-state index in [-0.39, 0.29) is 11.4 Å². The van der Waals surface area contributed by atoms with Gasteiger partial charge in [0.05, 0.1) is 6.67 Å². The fraction of sp³-hybridized carbons (Fsp3) is 0.833. The molecule has 0 aromatic heterocycles. The van der Waals surface area contributed by atoms with Crippen LogP contribution in [0.4, 0.5) is 4.79 Å². The van der Waals surface area contributed by atoms with E-state index in [9.17, 15) is 9.59 Å². The van der Waals surface area contributed by atoms with Gasteiger partial charge < -0.3 is 5.32 Å². The van der Waals surface area contributed by atoms with Crippen LogP contribution in [0.5, 0.6) is 0 Å². The fourth-order valence-corrected chi connectivity index (χ4v) is 2.68.